The van der Waals surface area contributed by atoms with Crippen LogP contribution in [0.4, 0.5) is 5.13 Å². The molecule has 4 heterocycles. The molecule has 0 radical (unpaired) electrons. The Morgan fingerprint density at radius 3 is 2.72 bits per heavy atom. The number of nitrogens with zero attached hydrogens (tertiary/aromatic N) is 7. The van der Waals surface area contributed by atoms with Gasteiger partial charge < -0.3 is 9.30 Å². The molecule has 0 saturated heterocycles. The highest BCUT2D eigenvalue weighted by Gasteiger charge is 2.24. The van der Waals surface area contributed by atoms with Crippen molar-refractivity contribution in [3.05, 3.63) is 74.4 Å². The van der Waals surface area contributed by atoms with Crippen molar-refractivity contribution in [3.63, 3.8) is 0 Å². The van der Waals surface area contributed by atoms with Crippen LogP contribution in [0.25, 0.3) is 21.4 Å². The van der Waals surface area contributed by atoms with Crippen molar-refractivity contribution in [3.8, 4) is 5.75 Å². The number of anilines is 1. The molecular weight excluding hydrogens is 506 g/mol. The number of rotatable bonds is 6. The summed E-state index contributed by atoms with van der Waals surface area (Å²) in [5.41, 5.74) is 0.661. The second-order valence-corrected chi connectivity index (χ2v) is 9.40. The number of pyridine rings is 1. The van der Waals surface area contributed by atoms with Gasteiger partial charge in [-0.3, -0.25) is 28.6 Å². The minimum Gasteiger partial charge on any atom is -0.494 e. The first-order valence-corrected chi connectivity index (χ1v) is 11.9. The molecule has 0 fully saturated rings. The van der Waals surface area contributed by atoms with Crippen molar-refractivity contribution in [2.45, 2.75) is 13.1 Å². The fraction of sp³-hybridized carbons (Fsp3) is 0.217. The smallest absolute Gasteiger partial charge is 0.332 e. The van der Waals surface area contributed by atoms with E-state index in [4.69, 9.17) is 16.3 Å². The minimum absolute atomic E-state index is 0.156. The number of amides is 1. The van der Waals surface area contributed by atoms with Gasteiger partial charge in [0.05, 0.1) is 29.7 Å². The molecule has 0 atom stereocenters. The van der Waals surface area contributed by atoms with Crippen LogP contribution >= 0.6 is 22.9 Å². The Hall–Kier alpha value is -4.03. The second-order valence-electron chi connectivity index (χ2n) is 8.02. The number of hydrogen-bond acceptors (Lipinski definition) is 8. The van der Waals surface area contributed by atoms with E-state index < -0.39 is 11.2 Å². The molecule has 0 aliphatic rings. The minimum atomic E-state index is -0.534. The largest absolute Gasteiger partial charge is 0.494 e. The van der Waals surface area contributed by atoms with E-state index in [0.717, 1.165) is 10.1 Å². The first-order valence-electron chi connectivity index (χ1n) is 10.7. The van der Waals surface area contributed by atoms with Crippen LogP contribution in [0, 0.1) is 0 Å². The molecule has 0 saturated carbocycles. The molecule has 0 spiro atoms. The molecule has 1 aromatic carbocycles. The zero-order valence-corrected chi connectivity index (χ0v) is 21.1. The molecule has 5 rings (SSSR count). The van der Waals surface area contributed by atoms with Crippen LogP contribution < -0.4 is 20.9 Å². The number of benzene rings is 1. The van der Waals surface area contributed by atoms with Gasteiger partial charge in [-0.05, 0) is 23.8 Å². The summed E-state index contributed by atoms with van der Waals surface area (Å²) in [5, 5.41) is 0.906. The van der Waals surface area contributed by atoms with E-state index in [2.05, 4.69) is 15.0 Å². The average molecular weight is 526 g/mol. The van der Waals surface area contributed by atoms with Gasteiger partial charge in [-0.2, -0.15) is 0 Å². The number of imidazole rings is 1. The fourth-order valence-corrected chi connectivity index (χ4v) is 5.18. The third kappa shape index (κ3) is 3.93. The van der Waals surface area contributed by atoms with Crippen LogP contribution in [0.1, 0.15) is 5.56 Å². The maximum atomic E-state index is 13.7. The number of carbonyl (C=O) groups is 1. The van der Waals surface area contributed by atoms with Crippen molar-refractivity contribution < 1.29 is 9.53 Å². The average Bonchev–Trinajstić information content (AvgIpc) is 3.51. The zero-order chi connectivity index (χ0) is 25.6. The maximum absolute atomic E-state index is 13.7. The molecule has 0 aliphatic carbocycles. The molecule has 36 heavy (non-hydrogen) atoms. The summed E-state index contributed by atoms with van der Waals surface area (Å²) in [6.45, 7) is -0.0133. The van der Waals surface area contributed by atoms with E-state index in [9.17, 15) is 14.4 Å². The Morgan fingerprint density at radius 1 is 1.19 bits per heavy atom. The molecule has 0 N–H and O–H groups in total. The van der Waals surface area contributed by atoms with Gasteiger partial charge in [0, 0.05) is 26.5 Å². The predicted octanol–water partition coefficient (Wildman–Crippen LogP) is 2.33. The molecular formula is C23H20ClN7O4S. The third-order valence-corrected chi connectivity index (χ3v) is 7.32. The summed E-state index contributed by atoms with van der Waals surface area (Å²) < 4.78 is 9.81. The van der Waals surface area contributed by atoms with Gasteiger partial charge in [0.25, 0.3) is 5.56 Å². The van der Waals surface area contributed by atoms with E-state index in [1.165, 1.54) is 52.9 Å². The lowest BCUT2D eigenvalue weighted by atomic mass is 10.2. The monoisotopic (exact) mass is 525 g/mol. The van der Waals surface area contributed by atoms with Crippen LogP contribution in [-0.2, 0) is 32.0 Å². The Balaban J connectivity index is 1.60. The van der Waals surface area contributed by atoms with Gasteiger partial charge in [-0.15, -0.1) is 0 Å². The van der Waals surface area contributed by atoms with Gasteiger partial charge >= 0.3 is 5.69 Å². The summed E-state index contributed by atoms with van der Waals surface area (Å²) in [4.78, 5) is 53.3. The Labute approximate surface area is 212 Å². The number of fused-ring (bicyclic) bond motifs is 2. The molecule has 0 unspecified atom stereocenters. The number of aromatic nitrogens is 6. The topological polar surface area (TPSA) is 117 Å². The number of aryl methyl sites for hydroxylation is 1. The molecule has 11 nitrogen and oxygen atoms in total. The highest BCUT2D eigenvalue weighted by molar-refractivity contribution is 7.23. The van der Waals surface area contributed by atoms with Gasteiger partial charge in [0.1, 0.15) is 17.8 Å². The lowest BCUT2D eigenvalue weighted by Gasteiger charge is -2.20. The second kappa shape index (κ2) is 9.21. The first-order chi connectivity index (χ1) is 17.3. The number of hydrogen-bond donors (Lipinski definition) is 0. The lowest BCUT2D eigenvalue weighted by molar-refractivity contribution is -0.119. The van der Waals surface area contributed by atoms with Crippen LogP contribution in [0.15, 0.2) is 52.6 Å². The Bertz CT molecular complexity index is 1740. The number of ether oxygens (including phenoxy) is 1. The maximum Gasteiger partial charge on any atom is 0.332 e. The summed E-state index contributed by atoms with van der Waals surface area (Å²) in [5.74, 6) is 0.193. The van der Waals surface area contributed by atoms with Crippen molar-refractivity contribution in [2.24, 2.45) is 14.1 Å². The molecule has 13 heteroatoms. The molecule has 0 aliphatic heterocycles. The highest BCUT2D eigenvalue weighted by atomic mass is 35.5. The third-order valence-electron chi connectivity index (χ3n) is 5.79. The molecule has 1 amide bonds. The van der Waals surface area contributed by atoms with Crippen LogP contribution in [0.2, 0.25) is 5.02 Å². The molecule has 184 valence electrons. The Kier molecular flexibility index (Phi) is 6.06. The zero-order valence-electron chi connectivity index (χ0n) is 19.5. The number of halogens is 1. The molecule has 5 aromatic rings. The number of thiazole rings is 1. The van der Waals surface area contributed by atoms with Crippen molar-refractivity contribution in [1.82, 2.24) is 28.7 Å². The standard InChI is InChI=1S/C23H20ClN7O4S/c1-28-20-18(21(33)29(2)23(28)34)30(12-26-20)11-16(32)31(10-13-5-4-8-25-9-13)22-27-17-15(35-3)7-6-14(24)19(17)36-22/h4-9,12H,10-11H2,1-3H3. The lowest BCUT2D eigenvalue weighted by Crippen LogP contribution is -2.38. The molecule has 0 bridgehead atoms. The predicted molar refractivity (Wildman–Crippen MR) is 137 cm³/mol. The summed E-state index contributed by atoms with van der Waals surface area (Å²) in [7, 11) is 4.45. The first kappa shape index (κ1) is 23.7. The SMILES string of the molecule is COc1ccc(Cl)c2sc(N(Cc3cccnc3)C(=O)Cn3cnc4c3c(=O)n(C)c(=O)n4C)nc12. The van der Waals surface area contributed by atoms with E-state index in [1.54, 1.807) is 30.6 Å². The number of methoxy groups -OCH3 is 1. The van der Waals surface area contributed by atoms with Gasteiger partial charge in [0.2, 0.25) is 5.91 Å². The van der Waals surface area contributed by atoms with Crippen LogP contribution in [-0.4, -0.2) is 41.7 Å². The number of carbonyl (C=O) groups excluding carboxylic acids is 1. The summed E-state index contributed by atoms with van der Waals surface area (Å²) >= 11 is 7.67. The van der Waals surface area contributed by atoms with E-state index in [1.807, 2.05) is 6.07 Å². The Morgan fingerprint density at radius 2 is 2.00 bits per heavy atom. The van der Waals surface area contributed by atoms with Crippen molar-refractivity contribution >= 4 is 55.4 Å². The van der Waals surface area contributed by atoms with Crippen molar-refractivity contribution in [2.75, 3.05) is 12.0 Å². The van der Waals surface area contributed by atoms with E-state index in [-0.39, 0.29) is 30.2 Å². The van der Waals surface area contributed by atoms with Crippen molar-refractivity contribution in [1.29, 1.82) is 0 Å². The van der Waals surface area contributed by atoms with Gasteiger partial charge in [-0.25, -0.2) is 14.8 Å². The summed E-state index contributed by atoms with van der Waals surface area (Å²) in [6, 6.07) is 7.07. The van der Waals surface area contributed by atoms with Crippen LogP contribution in [0.3, 0.4) is 0 Å². The van der Waals surface area contributed by atoms with Crippen LogP contribution in [0.5, 0.6) is 5.75 Å². The van der Waals surface area contributed by atoms with Gasteiger partial charge in [-0.1, -0.05) is 29.0 Å². The van der Waals surface area contributed by atoms with E-state index >= 15 is 0 Å². The quantitative estimate of drug-likeness (QED) is 0.334. The van der Waals surface area contributed by atoms with Gasteiger partial charge in [0.15, 0.2) is 16.3 Å². The fourth-order valence-electron chi connectivity index (χ4n) is 3.91. The normalized spacial score (nSPS) is 11.3. The van der Waals surface area contributed by atoms with E-state index in [0.29, 0.717) is 26.1 Å². The molecule has 4 aromatic heterocycles. The highest BCUT2D eigenvalue weighted by Crippen LogP contribution is 2.39. The summed E-state index contributed by atoms with van der Waals surface area (Å²) in [6.07, 6.45) is 4.69.